The van der Waals surface area contributed by atoms with Crippen LogP contribution in [0.1, 0.15) is 63.5 Å². The molecule has 0 unspecified atom stereocenters. The van der Waals surface area contributed by atoms with Crippen molar-refractivity contribution in [3.05, 3.63) is 90.8 Å². The fourth-order valence-electron chi connectivity index (χ4n) is 3.90. The third kappa shape index (κ3) is 8.22. The predicted octanol–water partition coefficient (Wildman–Crippen LogP) is 6.15. The van der Waals surface area contributed by atoms with Crippen molar-refractivity contribution in [2.75, 3.05) is 18.0 Å². The number of benzene rings is 2. The number of rotatable bonds is 12. The number of anilines is 1. The van der Waals surface area contributed by atoms with Crippen molar-refractivity contribution in [2.45, 2.75) is 52.4 Å². The van der Waals surface area contributed by atoms with E-state index in [1.54, 1.807) is 6.20 Å². The molecule has 0 saturated carbocycles. The Morgan fingerprint density at radius 2 is 1.50 bits per heavy atom. The molecule has 0 spiro atoms. The van der Waals surface area contributed by atoms with E-state index < -0.39 is 0 Å². The molecule has 0 bridgehead atoms. The third-order valence-electron chi connectivity index (χ3n) is 5.70. The Hall–Kier alpha value is -3.33. The number of pyridine rings is 1. The highest BCUT2D eigenvalue weighted by molar-refractivity contribution is 5.88. The monoisotopic (exact) mass is 458 g/mol. The molecule has 0 aliphatic carbocycles. The molecule has 2 aromatic carbocycles. The molecular weight excluding hydrogens is 420 g/mol. The van der Waals surface area contributed by atoms with Crippen molar-refractivity contribution in [1.82, 2.24) is 0 Å². The van der Waals surface area contributed by atoms with Crippen molar-refractivity contribution in [3.63, 3.8) is 0 Å². The lowest BCUT2D eigenvalue weighted by Crippen LogP contribution is -2.49. The Bertz CT molecular complexity index is 1040. The highest BCUT2D eigenvalue weighted by Crippen LogP contribution is 2.21. The van der Waals surface area contributed by atoms with Gasteiger partial charge in [0.05, 0.1) is 5.39 Å². The van der Waals surface area contributed by atoms with Gasteiger partial charge in [0.1, 0.15) is 0 Å². The Morgan fingerprint density at radius 3 is 2.09 bits per heavy atom. The molecule has 0 N–H and O–H groups in total. The highest BCUT2D eigenvalue weighted by atomic mass is 17.2. The van der Waals surface area contributed by atoms with Crippen LogP contribution >= 0.6 is 0 Å². The molecule has 0 fully saturated rings. The van der Waals surface area contributed by atoms with Gasteiger partial charge < -0.3 is 10.2 Å². The van der Waals surface area contributed by atoms with Crippen LogP contribution in [0.4, 0.5) is 5.69 Å². The largest absolute Gasteiger partial charge is 0.597 e. The van der Waals surface area contributed by atoms with E-state index in [-0.39, 0.29) is 0 Å². The summed E-state index contributed by atoms with van der Waals surface area (Å²) in [5.41, 5.74) is 6.52. The molecule has 0 amide bonds. The first-order valence-corrected chi connectivity index (χ1v) is 12.2. The average molecular weight is 459 g/mol. The molecule has 1 aromatic heterocycles. The second kappa shape index (κ2) is 15.5. The van der Waals surface area contributed by atoms with Gasteiger partial charge in [-0.15, -0.1) is 5.73 Å². The molecule has 1 heterocycles. The SMILES string of the molecule is C=C=C.CCCCCN(CCCCC)c1ccc(C=Cc2cc[n+](O[O-])c3ccccc23)cc1. The topological polar surface area (TPSA) is 39.4 Å². The van der Waals surface area contributed by atoms with Gasteiger partial charge in [-0.3, -0.25) is 4.99 Å². The standard InChI is InChI=1S/C27H34N2O2.C3H4/c1-3-5-9-20-28(21-10-6-4-2)25-17-14-23(15-18-25)13-16-24-19-22-29(31-30)27-12-8-7-11-26(24)27;1-3-2/h7-8,11-19,22H,3-6,9-10,20-21H2,1-2H3;1-2H2. The molecule has 34 heavy (non-hydrogen) atoms. The predicted molar refractivity (Wildman–Crippen MR) is 142 cm³/mol. The zero-order valence-corrected chi connectivity index (χ0v) is 20.7. The van der Waals surface area contributed by atoms with Crippen LogP contribution in [0.25, 0.3) is 23.1 Å². The quantitative estimate of drug-likeness (QED) is 0.107. The molecule has 0 radical (unpaired) electrons. The van der Waals surface area contributed by atoms with E-state index in [4.69, 9.17) is 0 Å². The van der Waals surface area contributed by atoms with Crippen LogP contribution in [0.5, 0.6) is 0 Å². The van der Waals surface area contributed by atoms with Crippen LogP contribution in [-0.4, -0.2) is 13.1 Å². The van der Waals surface area contributed by atoms with E-state index in [9.17, 15) is 5.26 Å². The smallest absolute Gasteiger partial charge is 0.264 e. The fraction of sp³-hybridized carbons (Fsp3) is 0.333. The summed E-state index contributed by atoms with van der Waals surface area (Å²) in [7, 11) is 0. The number of para-hydroxylation sites is 1. The molecule has 3 aromatic rings. The summed E-state index contributed by atoms with van der Waals surface area (Å²) in [6.07, 6.45) is 13.4. The Labute approximate surface area is 205 Å². The Balaban J connectivity index is 0.00000129. The van der Waals surface area contributed by atoms with Crippen molar-refractivity contribution in [2.24, 2.45) is 0 Å². The van der Waals surface area contributed by atoms with Crippen LogP contribution in [0.2, 0.25) is 0 Å². The molecule has 4 heteroatoms. The van der Waals surface area contributed by atoms with E-state index in [0.29, 0.717) is 0 Å². The maximum Gasteiger partial charge on any atom is 0.264 e. The number of nitrogens with zero attached hydrogens (tertiary/aromatic N) is 2. The van der Waals surface area contributed by atoms with Crippen molar-refractivity contribution < 1.29 is 15.0 Å². The fourth-order valence-corrected chi connectivity index (χ4v) is 3.90. The van der Waals surface area contributed by atoms with E-state index in [1.807, 2.05) is 30.3 Å². The molecular formula is C30H38N2O2. The number of hydrogen-bond acceptors (Lipinski definition) is 3. The average Bonchev–Trinajstić information content (AvgIpc) is 2.87. The maximum atomic E-state index is 10.9. The highest BCUT2D eigenvalue weighted by Gasteiger charge is 2.10. The molecule has 3 rings (SSSR count). The molecule has 0 aliphatic rings. The lowest BCUT2D eigenvalue weighted by Gasteiger charge is -2.25. The second-order valence-corrected chi connectivity index (χ2v) is 8.26. The van der Waals surface area contributed by atoms with Gasteiger partial charge in [0.15, 0.2) is 0 Å². The van der Waals surface area contributed by atoms with Gasteiger partial charge in [0.2, 0.25) is 6.20 Å². The van der Waals surface area contributed by atoms with E-state index in [2.05, 4.69) is 79.0 Å². The Kier molecular flexibility index (Phi) is 12.3. The molecule has 0 saturated heterocycles. The maximum absolute atomic E-state index is 10.9. The van der Waals surface area contributed by atoms with E-state index >= 15 is 0 Å². The first kappa shape index (κ1) is 26.9. The lowest BCUT2D eigenvalue weighted by molar-refractivity contribution is -1.06. The van der Waals surface area contributed by atoms with E-state index in [1.165, 1.54) is 48.9 Å². The summed E-state index contributed by atoms with van der Waals surface area (Å²) in [6, 6.07) is 18.5. The first-order chi connectivity index (χ1) is 16.7. The van der Waals surface area contributed by atoms with Crippen LogP contribution in [0.15, 0.2) is 79.7 Å². The van der Waals surface area contributed by atoms with Gasteiger partial charge in [-0.05, 0) is 42.2 Å². The summed E-state index contributed by atoms with van der Waals surface area (Å²) in [6.45, 7) is 13.0. The van der Waals surface area contributed by atoms with Gasteiger partial charge in [-0.25, -0.2) is 0 Å². The Morgan fingerprint density at radius 1 is 0.882 bits per heavy atom. The van der Waals surface area contributed by atoms with Gasteiger partial charge in [-0.1, -0.05) is 89.1 Å². The van der Waals surface area contributed by atoms with Crippen LogP contribution in [-0.2, 0) is 0 Å². The molecule has 0 atom stereocenters. The normalized spacial score (nSPS) is 10.6. The first-order valence-electron chi connectivity index (χ1n) is 12.2. The minimum Gasteiger partial charge on any atom is -0.597 e. The van der Waals surface area contributed by atoms with Gasteiger partial charge in [0.25, 0.3) is 5.52 Å². The van der Waals surface area contributed by atoms with Crippen LogP contribution in [0.3, 0.4) is 0 Å². The number of fused-ring (bicyclic) bond motifs is 1. The second-order valence-electron chi connectivity index (χ2n) is 8.26. The van der Waals surface area contributed by atoms with Gasteiger partial charge >= 0.3 is 0 Å². The molecule has 0 aliphatic heterocycles. The van der Waals surface area contributed by atoms with Crippen molar-refractivity contribution in [1.29, 1.82) is 0 Å². The number of unbranched alkanes of at least 4 members (excludes halogenated alkanes) is 4. The summed E-state index contributed by atoms with van der Waals surface area (Å²) in [5.74, 6) is 0. The minimum absolute atomic E-state index is 0.754. The third-order valence-corrected chi connectivity index (χ3v) is 5.70. The number of aromatic nitrogens is 1. The number of hydrogen-bond donors (Lipinski definition) is 0. The molecule has 180 valence electrons. The van der Waals surface area contributed by atoms with E-state index in [0.717, 1.165) is 35.1 Å². The van der Waals surface area contributed by atoms with Crippen LogP contribution in [0, 0.1) is 0 Å². The van der Waals surface area contributed by atoms with Gasteiger partial charge in [-0.2, -0.15) is 0 Å². The lowest BCUT2D eigenvalue weighted by atomic mass is 10.1. The summed E-state index contributed by atoms with van der Waals surface area (Å²) in [5, 5.41) is 11.9. The van der Waals surface area contributed by atoms with Crippen molar-refractivity contribution >= 4 is 28.7 Å². The zero-order valence-electron chi connectivity index (χ0n) is 20.7. The van der Waals surface area contributed by atoms with Crippen molar-refractivity contribution in [3.8, 4) is 0 Å². The van der Waals surface area contributed by atoms with Gasteiger partial charge in [0, 0.05) is 35.6 Å². The zero-order chi connectivity index (χ0) is 24.6. The molecule has 4 nitrogen and oxygen atoms in total. The minimum atomic E-state index is 0.754. The summed E-state index contributed by atoms with van der Waals surface area (Å²) >= 11 is 0. The van der Waals surface area contributed by atoms with Crippen LogP contribution < -0.4 is 19.9 Å². The summed E-state index contributed by atoms with van der Waals surface area (Å²) < 4.78 is 1.24. The summed E-state index contributed by atoms with van der Waals surface area (Å²) in [4.78, 5) is 6.72.